The van der Waals surface area contributed by atoms with Crippen LogP contribution in [0.1, 0.15) is 41.9 Å². The van der Waals surface area contributed by atoms with Crippen LogP contribution in [0, 0.1) is 5.92 Å². The molecule has 8 heteroatoms. The molecule has 0 radical (unpaired) electrons. The summed E-state index contributed by atoms with van der Waals surface area (Å²) in [7, 11) is 3.15. The number of amides is 1. The fourth-order valence-corrected chi connectivity index (χ4v) is 3.38. The van der Waals surface area contributed by atoms with E-state index in [-0.39, 0.29) is 17.9 Å². The van der Waals surface area contributed by atoms with Crippen LogP contribution in [0.3, 0.4) is 0 Å². The van der Waals surface area contributed by atoms with Crippen LogP contribution >= 0.6 is 11.3 Å². The number of carbonyl (C=O) groups excluding carboxylic acids is 1. The molecule has 148 valence electrons. The van der Waals surface area contributed by atoms with Crippen LogP contribution in [0.15, 0.2) is 40.2 Å². The third-order valence-electron chi connectivity index (χ3n) is 4.59. The average Bonchev–Trinajstić information content (AvgIpc) is 3.43. The second kappa shape index (κ2) is 8.88. The van der Waals surface area contributed by atoms with Crippen molar-refractivity contribution in [2.45, 2.75) is 26.3 Å². The average molecular weight is 401 g/mol. The molecule has 0 aliphatic carbocycles. The molecule has 3 rings (SSSR count). The van der Waals surface area contributed by atoms with Crippen LogP contribution in [-0.4, -0.2) is 30.3 Å². The Kier molecular flexibility index (Phi) is 6.30. The number of hydrogen-bond donors (Lipinski definition) is 1. The monoisotopic (exact) mass is 401 g/mol. The minimum Gasteiger partial charge on any atom is -0.493 e. The minimum atomic E-state index is -0.374. The normalized spacial score (nSPS) is 13.0. The van der Waals surface area contributed by atoms with E-state index in [9.17, 15) is 4.79 Å². The lowest BCUT2D eigenvalue weighted by Gasteiger charge is -2.20. The second-order valence-corrected chi connectivity index (χ2v) is 7.29. The zero-order chi connectivity index (χ0) is 20.1. The highest BCUT2D eigenvalue weighted by Crippen LogP contribution is 2.32. The summed E-state index contributed by atoms with van der Waals surface area (Å²) < 4.78 is 16.1. The number of methoxy groups -OCH3 is 2. The predicted molar refractivity (Wildman–Crippen MR) is 107 cm³/mol. The molecule has 1 N–H and O–H groups in total. The molecule has 0 saturated heterocycles. The van der Waals surface area contributed by atoms with E-state index in [2.05, 4.69) is 22.4 Å². The molecule has 1 aromatic carbocycles. The van der Waals surface area contributed by atoms with E-state index in [0.717, 1.165) is 12.0 Å². The van der Waals surface area contributed by atoms with Gasteiger partial charge in [-0.2, -0.15) is 4.98 Å². The first-order valence-corrected chi connectivity index (χ1v) is 9.85. The molecule has 7 nitrogen and oxygen atoms in total. The van der Waals surface area contributed by atoms with E-state index in [1.807, 2.05) is 24.4 Å². The Hall–Kier alpha value is -2.87. The molecule has 0 aliphatic rings. The van der Waals surface area contributed by atoms with Crippen LogP contribution < -0.4 is 14.8 Å². The molecule has 0 saturated carbocycles. The summed E-state index contributed by atoms with van der Waals surface area (Å²) in [6.45, 7) is 4.10. The van der Waals surface area contributed by atoms with Crippen molar-refractivity contribution in [3.8, 4) is 22.9 Å². The summed E-state index contributed by atoms with van der Waals surface area (Å²) >= 11 is 1.39. The number of nitrogens with one attached hydrogen (secondary N) is 1. The number of nitrogens with zero attached hydrogens (tertiary/aromatic N) is 2. The summed E-state index contributed by atoms with van der Waals surface area (Å²) in [6, 6.07) is 8.67. The maximum Gasteiger partial charge on any atom is 0.262 e. The van der Waals surface area contributed by atoms with E-state index < -0.39 is 0 Å². The third-order valence-corrected chi connectivity index (χ3v) is 5.46. The van der Waals surface area contributed by atoms with E-state index >= 15 is 0 Å². The number of ether oxygens (including phenoxy) is 2. The van der Waals surface area contributed by atoms with Crippen LogP contribution in [0.4, 0.5) is 0 Å². The molecule has 2 unspecified atom stereocenters. The van der Waals surface area contributed by atoms with Crippen molar-refractivity contribution in [1.29, 1.82) is 0 Å². The summed E-state index contributed by atoms with van der Waals surface area (Å²) in [6.07, 6.45) is 0.851. The molecule has 0 bridgehead atoms. The van der Waals surface area contributed by atoms with Crippen LogP contribution in [-0.2, 0) is 0 Å². The molecule has 0 aliphatic heterocycles. The smallest absolute Gasteiger partial charge is 0.262 e. The molecular formula is C20H23N3O4S. The van der Waals surface area contributed by atoms with Gasteiger partial charge in [-0.1, -0.05) is 31.5 Å². The first-order valence-electron chi connectivity index (χ1n) is 8.97. The topological polar surface area (TPSA) is 86.5 Å². The SMILES string of the molecule is CCC(C)C(NC(=O)c1cccs1)c1nc(-c2ccc(OC)c(OC)c2)no1. The molecule has 2 aromatic heterocycles. The molecule has 2 heterocycles. The van der Waals surface area contributed by atoms with Gasteiger partial charge in [-0.05, 0) is 35.6 Å². The van der Waals surface area contributed by atoms with Crippen molar-refractivity contribution in [2.24, 2.45) is 5.92 Å². The van der Waals surface area contributed by atoms with E-state index in [4.69, 9.17) is 14.0 Å². The maximum atomic E-state index is 12.5. The van der Waals surface area contributed by atoms with Crippen molar-refractivity contribution in [2.75, 3.05) is 14.2 Å². The summed E-state index contributed by atoms with van der Waals surface area (Å²) in [5, 5.41) is 8.99. The van der Waals surface area contributed by atoms with Crippen molar-refractivity contribution in [3.05, 3.63) is 46.5 Å². The van der Waals surface area contributed by atoms with Gasteiger partial charge < -0.3 is 19.3 Å². The first kappa shape index (κ1) is 19.9. The highest BCUT2D eigenvalue weighted by Gasteiger charge is 2.27. The fourth-order valence-electron chi connectivity index (χ4n) is 2.76. The minimum absolute atomic E-state index is 0.127. The highest BCUT2D eigenvalue weighted by atomic mass is 32.1. The number of benzene rings is 1. The number of aromatic nitrogens is 2. The third kappa shape index (κ3) is 4.17. The Morgan fingerprint density at radius 2 is 2.04 bits per heavy atom. The van der Waals surface area contributed by atoms with Gasteiger partial charge in [-0.15, -0.1) is 11.3 Å². The molecule has 2 atom stereocenters. The quantitative estimate of drug-likeness (QED) is 0.604. The van der Waals surface area contributed by atoms with E-state index in [1.54, 1.807) is 32.4 Å². The predicted octanol–water partition coefficient (Wildman–Crippen LogP) is 4.33. The van der Waals surface area contributed by atoms with Gasteiger partial charge in [0.05, 0.1) is 19.1 Å². The van der Waals surface area contributed by atoms with Gasteiger partial charge in [0.2, 0.25) is 11.7 Å². The zero-order valence-electron chi connectivity index (χ0n) is 16.3. The lowest BCUT2D eigenvalue weighted by atomic mass is 9.99. The van der Waals surface area contributed by atoms with Crippen molar-refractivity contribution in [3.63, 3.8) is 0 Å². The summed E-state index contributed by atoms with van der Waals surface area (Å²) in [4.78, 5) is 17.7. The largest absolute Gasteiger partial charge is 0.493 e. The second-order valence-electron chi connectivity index (χ2n) is 6.34. The van der Waals surface area contributed by atoms with Crippen molar-refractivity contribution >= 4 is 17.2 Å². The number of hydrogen-bond acceptors (Lipinski definition) is 7. The van der Waals surface area contributed by atoms with Gasteiger partial charge in [0.15, 0.2) is 11.5 Å². The van der Waals surface area contributed by atoms with Crippen molar-refractivity contribution < 1.29 is 18.8 Å². The molecular weight excluding hydrogens is 378 g/mol. The summed E-state index contributed by atoms with van der Waals surface area (Å²) in [5.41, 5.74) is 0.736. The van der Waals surface area contributed by atoms with Crippen LogP contribution in [0.25, 0.3) is 11.4 Å². The van der Waals surface area contributed by atoms with Crippen molar-refractivity contribution in [1.82, 2.24) is 15.5 Å². The molecule has 3 aromatic rings. The lowest BCUT2D eigenvalue weighted by Crippen LogP contribution is -2.32. The molecule has 1 amide bonds. The van der Waals surface area contributed by atoms with Crippen LogP contribution in [0.2, 0.25) is 0 Å². The van der Waals surface area contributed by atoms with Gasteiger partial charge in [0, 0.05) is 5.56 Å². The summed E-state index contributed by atoms with van der Waals surface area (Å²) in [5.74, 6) is 1.99. The molecule has 28 heavy (non-hydrogen) atoms. The fraction of sp³-hybridized carbons (Fsp3) is 0.350. The highest BCUT2D eigenvalue weighted by molar-refractivity contribution is 7.12. The first-order chi connectivity index (χ1) is 13.6. The zero-order valence-corrected chi connectivity index (χ0v) is 17.1. The molecule has 0 fully saturated rings. The maximum absolute atomic E-state index is 12.5. The Bertz CT molecular complexity index is 923. The van der Waals surface area contributed by atoms with Gasteiger partial charge in [0.1, 0.15) is 6.04 Å². The number of carbonyl (C=O) groups is 1. The number of rotatable bonds is 8. The van der Waals surface area contributed by atoms with Gasteiger partial charge in [-0.3, -0.25) is 4.79 Å². The Morgan fingerprint density at radius 3 is 2.68 bits per heavy atom. The standard InChI is InChI=1S/C20H23N3O4S/c1-5-12(2)17(21-19(24)16-7-6-10-28-16)20-22-18(23-27-20)13-8-9-14(25-3)15(11-13)26-4/h6-12,17H,5H2,1-4H3,(H,21,24). The van der Waals surface area contributed by atoms with Gasteiger partial charge >= 0.3 is 0 Å². The Balaban J connectivity index is 1.87. The van der Waals surface area contributed by atoms with Crippen LogP contribution in [0.5, 0.6) is 11.5 Å². The Morgan fingerprint density at radius 1 is 1.25 bits per heavy atom. The Labute approximate surface area is 167 Å². The van der Waals surface area contributed by atoms with E-state index in [0.29, 0.717) is 28.1 Å². The number of thiophene rings is 1. The van der Waals surface area contributed by atoms with Gasteiger partial charge in [-0.25, -0.2) is 0 Å². The van der Waals surface area contributed by atoms with Gasteiger partial charge in [0.25, 0.3) is 5.91 Å². The lowest BCUT2D eigenvalue weighted by molar-refractivity contribution is 0.0914. The molecule has 0 spiro atoms. The van der Waals surface area contributed by atoms with E-state index in [1.165, 1.54) is 11.3 Å².